The maximum absolute atomic E-state index is 5.54. The van der Waals surface area contributed by atoms with E-state index in [2.05, 4.69) is 35.6 Å². The van der Waals surface area contributed by atoms with Crippen molar-refractivity contribution in [2.45, 2.75) is 52.1 Å². The molecule has 1 aliphatic carbocycles. The predicted molar refractivity (Wildman–Crippen MR) is 124 cm³/mol. The Bertz CT molecular complexity index is 891. The molecule has 30 heavy (non-hydrogen) atoms. The molecule has 5 rings (SSSR count). The third-order valence-electron chi connectivity index (χ3n) is 6.97. The van der Waals surface area contributed by atoms with Gasteiger partial charge in [0, 0.05) is 43.6 Å². The summed E-state index contributed by atoms with van der Waals surface area (Å²) >= 11 is 1.93. The van der Waals surface area contributed by atoms with E-state index < -0.39 is 0 Å². The molecule has 6 nitrogen and oxygen atoms in total. The van der Waals surface area contributed by atoms with Gasteiger partial charge in [-0.2, -0.15) is 0 Å². The molecule has 3 aliphatic rings. The summed E-state index contributed by atoms with van der Waals surface area (Å²) < 4.78 is 5.54. The van der Waals surface area contributed by atoms with Gasteiger partial charge in [-0.15, -0.1) is 11.3 Å². The van der Waals surface area contributed by atoms with Crippen LogP contribution in [0.4, 0.5) is 5.82 Å². The number of piperazine rings is 1. The van der Waals surface area contributed by atoms with Gasteiger partial charge in [0.25, 0.3) is 0 Å². The van der Waals surface area contributed by atoms with Crippen LogP contribution in [0.25, 0.3) is 10.2 Å². The van der Waals surface area contributed by atoms with Crippen LogP contribution in [-0.4, -0.2) is 78.8 Å². The van der Waals surface area contributed by atoms with Crippen LogP contribution in [0, 0.1) is 5.92 Å². The Morgan fingerprint density at radius 2 is 1.87 bits per heavy atom. The zero-order valence-electron chi connectivity index (χ0n) is 18.7. The lowest BCUT2D eigenvalue weighted by Gasteiger charge is -2.43. The van der Waals surface area contributed by atoms with Crippen molar-refractivity contribution in [3.05, 3.63) is 16.3 Å². The second-order valence-corrected chi connectivity index (χ2v) is 10.6. The molecule has 1 atom stereocenters. The molecule has 7 heteroatoms. The van der Waals surface area contributed by atoms with Crippen LogP contribution in [0.15, 0.2) is 0 Å². The van der Waals surface area contributed by atoms with Crippen molar-refractivity contribution in [1.82, 2.24) is 19.8 Å². The number of fused-ring (bicyclic) bond motifs is 3. The van der Waals surface area contributed by atoms with Gasteiger partial charge in [-0.1, -0.05) is 13.8 Å². The molecule has 0 bridgehead atoms. The van der Waals surface area contributed by atoms with E-state index >= 15 is 0 Å². The standard InChI is InChI=1S/C23H35N5OS/c1-16(2)18-14-26(3)8-9-28(18)22-21-17-6-4-5-7-19(17)30-23(21)25-20(24-22)15-27-10-12-29-13-11-27/h16,18H,4-15H2,1-3H3. The van der Waals surface area contributed by atoms with Crippen molar-refractivity contribution < 1.29 is 4.74 Å². The molecular weight excluding hydrogens is 394 g/mol. The van der Waals surface area contributed by atoms with Crippen LogP contribution in [0.2, 0.25) is 0 Å². The summed E-state index contributed by atoms with van der Waals surface area (Å²) in [5.74, 6) is 2.80. The minimum atomic E-state index is 0.497. The van der Waals surface area contributed by atoms with Crippen LogP contribution >= 0.6 is 11.3 Å². The van der Waals surface area contributed by atoms with Gasteiger partial charge >= 0.3 is 0 Å². The van der Waals surface area contributed by atoms with Gasteiger partial charge in [-0.05, 0) is 44.2 Å². The monoisotopic (exact) mass is 429 g/mol. The van der Waals surface area contributed by atoms with Crippen molar-refractivity contribution in [2.24, 2.45) is 5.92 Å². The van der Waals surface area contributed by atoms with Gasteiger partial charge in [-0.3, -0.25) is 4.90 Å². The van der Waals surface area contributed by atoms with E-state index in [0.717, 1.165) is 58.3 Å². The smallest absolute Gasteiger partial charge is 0.146 e. The molecule has 2 aromatic heterocycles. The van der Waals surface area contributed by atoms with Gasteiger partial charge in [0.05, 0.1) is 25.1 Å². The van der Waals surface area contributed by atoms with E-state index in [1.165, 1.54) is 41.7 Å². The predicted octanol–water partition coefficient (Wildman–Crippen LogP) is 3.18. The molecule has 0 N–H and O–H groups in total. The summed E-state index contributed by atoms with van der Waals surface area (Å²) in [5.41, 5.74) is 1.55. The normalized spacial score (nSPS) is 24.0. The first kappa shape index (κ1) is 20.6. The number of hydrogen-bond donors (Lipinski definition) is 0. The fourth-order valence-corrected chi connectivity index (χ4v) is 6.48. The molecule has 164 valence electrons. The number of anilines is 1. The van der Waals surface area contributed by atoms with Gasteiger partial charge < -0.3 is 14.5 Å². The van der Waals surface area contributed by atoms with E-state index in [-0.39, 0.29) is 0 Å². The van der Waals surface area contributed by atoms with Crippen LogP contribution in [0.5, 0.6) is 0 Å². The number of aromatic nitrogens is 2. The maximum atomic E-state index is 5.54. The molecule has 2 fully saturated rings. The Morgan fingerprint density at radius 3 is 2.67 bits per heavy atom. The Balaban J connectivity index is 1.59. The van der Waals surface area contributed by atoms with Crippen LogP contribution in [0.1, 0.15) is 43.0 Å². The highest BCUT2D eigenvalue weighted by Gasteiger charge is 2.32. The largest absolute Gasteiger partial charge is 0.379 e. The van der Waals surface area contributed by atoms with Crippen LogP contribution < -0.4 is 4.90 Å². The molecule has 2 aliphatic heterocycles. The second kappa shape index (κ2) is 8.69. The van der Waals surface area contributed by atoms with Crippen molar-refractivity contribution in [3.63, 3.8) is 0 Å². The SMILES string of the molecule is CC(C)C1CN(C)CCN1c1nc(CN2CCOCC2)nc2sc3c(c12)CCCC3. The molecule has 0 spiro atoms. The second-order valence-electron chi connectivity index (χ2n) is 9.51. The quantitative estimate of drug-likeness (QED) is 0.744. The Labute approximate surface area is 184 Å². The molecule has 0 radical (unpaired) electrons. The maximum Gasteiger partial charge on any atom is 0.146 e. The number of nitrogens with zero attached hydrogens (tertiary/aromatic N) is 5. The number of morpholine rings is 1. The van der Waals surface area contributed by atoms with Crippen molar-refractivity contribution in [2.75, 3.05) is 57.9 Å². The van der Waals surface area contributed by atoms with Crippen LogP contribution in [-0.2, 0) is 24.1 Å². The highest BCUT2D eigenvalue weighted by atomic mass is 32.1. The molecular formula is C23H35N5OS. The average Bonchev–Trinajstić information content (AvgIpc) is 3.12. The summed E-state index contributed by atoms with van der Waals surface area (Å²) in [6, 6.07) is 0.497. The van der Waals surface area contributed by atoms with Gasteiger partial charge in [0.1, 0.15) is 16.5 Å². The highest BCUT2D eigenvalue weighted by Crippen LogP contribution is 2.41. The topological polar surface area (TPSA) is 44.7 Å². The lowest BCUT2D eigenvalue weighted by atomic mass is 9.95. The van der Waals surface area contributed by atoms with E-state index in [1.54, 1.807) is 10.4 Å². The third kappa shape index (κ3) is 3.97. The minimum absolute atomic E-state index is 0.497. The van der Waals surface area contributed by atoms with Crippen molar-refractivity contribution in [1.29, 1.82) is 0 Å². The highest BCUT2D eigenvalue weighted by molar-refractivity contribution is 7.19. The molecule has 0 amide bonds. The fourth-order valence-electron chi connectivity index (χ4n) is 5.21. The first-order valence-corrected chi connectivity index (χ1v) is 12.5. The lowest BCUT2D eigenvalue weighted by Crippen LogP contribution is -2.54. The fraction of sp³-hybridized carbons (Fsp3) is 0.739. The summed E-state index contributed by atoms with van der Waals surface area (Å²) in [6.45, 7) is 12.4. The zero-order chi connectivity index (χ0) is 20.7. The number of rotatable bonds is 4. The molecule has 2 saturated heterocycles. The Morgan fingerprint density at radius 1 is 1.07 bits per heavy atom. The van der Waals surface area contributed by atoms with Gasteiger partial charge in [0.2, 0.25) is 0 Å². The van der Waals surface area contributed by atoms with Crippen molar-refractivity contribution >= 4 is 27.4 Å². The number of thiophene rings is 1. The zero-order valence-corrected chi connectivity index (χ0v) is 19.5. The minimum Gasteiger partial charge on any atom is -0.379 e. The number of ether oxygens (including phenoxy) is 1. The van der Waals surface area contributed by atoms with E-state index in [0.29, 0.717) is 12.0 Å². The van der Waals surface area contributed by atoms with Crippen LogP contribution in [0.3, 0.4) is 0 Å². The van der Waals surface area contributed by atoms with E-state index in [1.807, 2.05) is 11.3 Å². The molecule has 2 aromatic rings. The number of aryl methyl sites for hydroxylation is 2. The average molecular weight is 430 g/mol. The molecule has 0 saturated carbocycles. The number of hydrogen-bond acceptors (Lipinski definition) is 7. The summed E-state index contributed by atoms with van der Waals surface area (Å²) in [4.78, 5) is 20.7. The lowest BCUT2D eigenvalue weighted by molar-refractivity contribution is 0.0331. The van der Waals surface area contributed by atoms with E-state index in [9.17, 15) is 0 Å². The molecule has 1 unspecified atom stereocenters. The van der Waals surface area contributed by atoms with E-state index in [4.69, 9.17) is 14.7 Å². The first-order valence-electron chi connectivity index (χ1n) is 11.7. The van der Waals surface area contributed by atoms with Crippen molar-refractivity contribution in [3.8, 4) is 0 Å². The Hall–Kier alpha value is -1.28. The Kier molecular flexibility index (Phi) is 5.97. The number of likely N-dealkylation sites (N-methyl/N-ethyl adjacent to an activating group) is 1. The molecule has 0 aromatic carbocycles. The third-order valence-corrected chi connectivity index (χ3v) is 8.16. The summed E-state index contributed by atoms with van der Waals surface area (Å²) in [6.07, 6.45) is 5.01. The summed E-state index contributed by atoms with van der Waals surface area (Å²) in [5, 5.41) is 1.37. The van der Waals surface area contributed by atoms with Gasteiger partial charge in [-0.25, -0.2) is 9.97 Å². The first-order chi connectivity index (χ1) is 14.6. The molecule has 4 heterocycles. The summed E-state index contributed by atoms with van der Waals surface area (Å²) in [7, 11) is 2.25. The van der Waals surface area contributed by atoms with Gasteiger partial charge in [0.15, 0.2) is 0 Å².